The van der Waals surface area contributed by atoms with Crippen molar-refractivity contribution in [1.29, 1.82) is 0 Å². The number of aliphatic hydroxyl groups is 3. The summed E-state index contributed by atoms with van der Waals surface area (Å²) in [7, 11) is 0. The van der Waals surface area contributed by atoms with E-state index in [2.05, 4.69) is 30.5 Å². The zero-order valence-electron chi connectivity index (χ0n) is 20.7. The minimum atomic E-state index is -0.883. The van der Waals surface area contributed by atoms with Gasteiger partial charge in [-0.2, -0.15) is 0 Å². The van der Waals surface area contributed by atoms with Crippen LogP contribution in [0.5, 0.6) is 0 Å². The van der Waals surface area contributed by atoms with Gasteiger partial charge in [-0.1, -0.05) is 68.5 Å². The number of hydrogen-bond donors (Lipinski definition) is 3. The van der Waals surface area contributed by atoms with Crippen LogP contribution in [0, 0.1) is 5.82 Å². The third-order valence-corrected chi connectivity index (χ3v) is 6.31. The Hall–Kier alpha value is -3.32. The smallest absolute Gasteiger partial charge is 0.141 e. The van der Waals surface area contributed by atoms with E-state index in [-0.39, 0.29) is 31.2 Å². The monoisotopic (exact) mass is 488 g/mol. The standard InChI is InChI=1S/C30H33FN2O3/c1-20(2)29-26(13-12-24(35)18-25(36)15-17-34)28(22-8-10-23(31)11-9-22)27-14-16-33(30(27)32-29)19-21-6-4-3-5-7-21/h3-14,16,20,24-25,34-36H,15,17-19H2,1-2H3/b13-12+/t24-,25+/m1/s1. The Labute approximate surface area is 211 Å². The second-order valence-corrected chi connectivity index (χ2v) is 9.44. The van der Waals surface area contributed by atoms with Crippen molar-refractivity contribution in [3.63, 3.8) is 0 Å². The molecule has 0 aliphatic rings. The predicted octanol–water partition coefficient (Wildman–Crippen LogP) is 5.52. The number of nitrogens with zero attached hydrogens (tertiary/aromatic N) is 2. The summed E-state index contributed by atoms with van der Waals surface area (Å²) in [5.74, 6) is -0.217. The van der Waals surface area contributed by atoms with Gasteiger partial charge in [-0.25, -0.2) is 9.37 Å². The lowest BCUT2D eigenvalue weighted by Gasteiger charge is -2.18. The molecule has 0 spiro atoms. The fraction of sp³-hybridized carbons (Fsp3) is 0.300. The zero-order chi connectivity index (χ0) is 25.7. The van der Waals surface area contributed by atoms with Crippen LogP contribution in [0.3, 0.4) is 0 Å². The van der Waals surface area contributed by atoms with Gasteiger partial charge in [0.1, 0.15) is 11.5 Å². The molecule has 2 atom stereocenters. The summed E-state index contributed by atoms with van der Waals surface area (Å²) in [5.41, 5.74) is 5.52. The Balaban J connectivity index is 1.86. The first-order valence-corrected chi connectivity index (χ1v) is 12.3. The molecular weight excluding hydrogens is 455 g/mol. The minimum absolute atomic E-state index is 0.0884. The Morgan fingerprint density at radius 2 is 1.72 bits per heavy atom. The summed E-state index contributed by atoms with van der Waals surface area (Å²) in [6, 6.07) is 18.7. The molecule has 0 fully saturated rings. The maximum atomic E-state index is 13.8. The Morgan fingerprint density at radius 3 is 2.39 bits per heavy atom. The SMILES string of the molecule is CC(C)c1nc2c(ccn2Cc2ccccc2)c(-c2ccc(F)cc2)c1/C=C/[C@@H](O)C[C@@H](O)CCO. The second-order valence-electron chi connectivity index (χ2n) is 9.44. The van der Waals surface area contributed by atoms with Gasteiger partial charge >= 0.3 is 0 Å². The van der Waals surface area contributed by atoms with Crippen LogP contribution in [0.2, 0.25) is 0 Å². The highest BCUT2D eigenvalue weighted by Gasteiger charge is 2.20. The van der Waals surface area contributed by atoms with E-state index in [1.807, 2.05) is 36.5 Å². The van der Waals surface area contributed by atoms with Crippen LogP contribution in [0.4, 0.5) is 4.39 Å². The Morgan fingerprint density at radius 1 is 1.00 bits per heavy atom. The van der Waals surface area contributed by atoms with Gasteiger partial charge in [-0.05, 0) is 41.7 Å². The summed E-state index contributed by atoms with van der Waals surface area (Å²) in [4.78, 5) is 5.08. The highest BCUT2D eigenvalue weighted by molar-refractivity contribution is 5.98. The van der Waals surface area contributed by atoms with Gasteiger partial charge in [0.15, 0.2) is 0 Å². The third-order valence-electron chi connectivity index (χ3n) is 6.31. The number of benzene rings is 2. The van der Waals surface area contributed by atoms with Crippen LogP contribution in [-0.2, 0) is 6.54 Å². The van der Waals surface area contributed by atoms with Gasteiger partial charge in [0.2, 0.25) is 0 Å². The fourth-order valence-corrected chi connectivity index (χ4v) is 4.51. The highest BCUT2D eigenvalue weighted by Crippen LogP contribution is 2.37. The van der Waals surface area contributed by atoms with Crippen LogP contribution in [0.15, 0.2) is 72.9 Å². The molecule has 0 aliphatic carbocycles. The van der Waals surface area contributed by atoms with Crippen molar-refractivity contribution in [3.8, 4) is 11.1 Å². The quantitative estimate of drug-likeness (QED) is 0.275. The number of aliphatic hydroxyl groups excluding tert-OH is 3. The van der Waals surface area contributed by atoms with Gasteiger partial charge < -0.3 is 19.9 Å². The van der Waals surface area contributed by atoms with Gasteiger partial charge in [0.25, 0.3) is 0 Å². The topological polar surface area (TPSA) is 78.5 Å². The van der Waals surface area contributed by atoms with E-state index in [1.54, 1.807) is 18.2 Å². The molecule has 0 saturated carbocycles. The number of pyridine rings is 1. The molecule has 4 rings (SSSR count). The summed E-state index contributed by atoms with van der Waals surface area (Å²) in [6.07, 6.45) is 4.20. The first-order chi connectivity index (χ1) is 17.4. The number of hydrogen-bond acceptors (Lipinski definition) is 4. The second kappa shape index (κ2) is 11.6. The van der Waals surface area contributed by atoms with Crippen molar-refractivity contribution in [2.24, 2.45) is 0 Å². The number of halogens is 1. The molecule has 36 heavy (non-hydrogen) atoms. The molecule has 2 aromatic carbocycles. The molecule has 2 heterocycles. The molecule has 0 bridgehead atoms. The van der Waals surface area contributed by atoms with Crippen LogP contribution in [0.1, 0.15) is 49.4 Å². The largest absolute Gasteiger partial charge is 0.396 e. The molecular formula is C30H33FN2O3. The molecule has 0 unspecified atom stereocenters. The van der Waals surface area contributed by atoms with Crippen molar-refractivity contribution >= 4 is 17.1 Å². The lowest BCUT2D eigenvalue weighted by atomic mass is 9.91. The number of fused-ring (bicyclic) bond motifs is 1. The molecule has 0 saturated heterocycles. The molecule has 0 radical (unpaired) electrons. The molecule has 4 aromatic rings. The van der Waals surface area contributed by atoms with Crippen molar-refractivity contribution in [2.75, 3.05) is 6.61 Å². The van der Waals surface area contributed by atoms with E-state index < -0.39 is 12.2 Å². The van der Waals surface area contributed by atoms with Crippen molar-refractivity contribution < 1.29 is 19.7 Å². The van der Waals surface area contributed by atoms with E-state index >= 15 is 0 Å². The maximum Gasteiger partial charge on any atom is 0.141 e. The zero-order valence-corrected chi connectivity index (χ0v) is 20.7. The summed E-state index contributed by atoms with van der Waals surface area (Å²) in [6.45, 7) is 4.69. The predicted molar refractivity (Wildman–Crippen MR) is 142 cm³/mol. The normalized spacial score (nSPS) is 13.6. The first-order valence-electron chi connectivity index (χ1n) is 12.3. The third kappa shape index (κ3) is 5.90. The molecule has 0 aliphatic heterocycles. The summed E-state index contributed by atoms with van der Waals surface area (Å²) < 4.78 is 15.9. The van der Waals surface area contributed by atoms with Crippen LogP contribution < -0.4 is 0 Å². The Kier molecular flexibility index (Phi) is 8.31. The molecule has 0 amide bonds. The van der Waals surface area contributed by atoms with E-state index in [4.69, 9.17) is 10.1 Å². The average Bonchev–Trinajstić information content (AvgIpc) is 3.25. The van der Waals surface area contributed by atoms with Crippen molar-refractivity contribution in [1.82, 2.24) is 9.55 Å². The molecule has 3 N–H and O–H groups in total. The van der Waals surface area contributed by atoms with Crippen molar-refractivity contribution in [2.45, 2.75) is 51.4 Å². The lowest BCUT2D eigenvalue weighted by Crippen LogP contribution is -2.17. The molecule has 6 heteroatoms. The maximum absolute atomic E-state index is 13.8. The van der Waals surface area contributed by atoms with E-state index in [9.17, 15) is 14.6 Å². The van der Waals surface area contributed by atoms with Crippen LogP contribution in [0.25, 0.3) is 28.2 Å². The van der Waals surface area contributed by atoms with E-state index in [0.717, 1.165) is 33.4 Å². The average molecular weight is 489 g/mol. The van der Waals surface area contributed by atoms with Gasteiger partial charge in [0.05, 0.1) is 17.9 Å². The number of aromatic nitrogens is 2. The van der Waals surface area contributed by atoms with Crippen LogP contribution in [-0.4, -0.2) is 43.7 Å². The lowest BCUT2D eigenvalue weighted by molar-refractivity contribution is 0.0827. The number of rotatable bonds is 10. The van der Waals surface area contributed by atoms with Gasteiger partial charge in [-0.3, -0.25) is 0 Å². The summed E-state index contributed by atoms with van der Waals surface area (Å²) >= 11 is 0. The van der Waals surface area contributed by atoms with E-state index in [1.165, 1.54) is 17.7 Å². The van der Waals surface area contributed by atoms with Gasteiger partial charge in [0, 0.05) is 42.3 Å². The van der Waals surface area contributed by atoms with E-state index in [0.29, 0.717) is 6.54 Å². The van der Waals surface area contributed by atoms with Crippen molar-refractivity contribution in [3.05, 3.63) is 95.6 Å². The summed E-state index contributed by atoms with van der Waals surface area (Å²) in [5, 5.41) is 30.5. The Bertz CT molecular complexity index is 1310. The molecule has 2 aromatic heterocycles. The fourth-order valence-electron chi connectivity index (χ4n) is 4.51. The van der Waals surface area contributed by atoms with Gasteiger partial charge in [-0.15, -0.1) is 0 Å². The minimum Gasteiger partial charge on any atom is -0.396 e. The molecule has 5 nitrogen and oxygen atoms in total. The molecule has 188 valence electrons. The first kappa shape index (κ1) is 25.8. The highest BCUT2D eigenvalue weighted by atomic mass is 19.1. The van der Waals surface area contributed by atoms with Crippen LogP contribution >= 0.6 is 0 Å².